The molecule has 2 aromatic heterocycles. The summed E-state index contributed by atoms with van der Waals surface area (Å²) in [5, 5.41) is 18.5. The molecular weight excluding hydrogens is 446 g/mol. The molecule has 1 fully saturated rings. The number of aromatic nitrogens is 2. The SMILES string of the molecule is CC1CCC(C(C)C)C(O)C1.Cc1ccc(OCC(=O)N(Cc2cccs2)c2ccn[nH]2)cc1. The summed E-state index contributed by atoms with van der Waals surface area (Å²) in [6, 6.07) is 13.4. The minimum atomic E-state index is -0.122. The normalized spacial score (nSPS) is 19.9. The molecule has 2 heterocycles. The monoisotopic (exact) mass is 483 g/mol. The summed E-state index contributed by atoms with van der Waals surface area (Å²) in [5.74, 6) is 3.17. The Morgan fingerprint density at radius 3 is 2.59 bits per heavy atom. The lowest BCUT2D eigenvalue weighted by Gasteiger charge is -2.33. The van der Waals surface area contributed by atoms with E-state index in [1.54, 1.807) is 28.5 Å². The van der Waals surface area contributed by atoms with Crippen molar-refractivity contribution < 1.29 is 14.6 Å². The number of carbonyl (C=O) groups is 1. The number of nitrogens with one attached hydrogen (secondary N) is 1. The molecule has 34 heavy (non-hydrogen) atoms. The summed E-state index contributed by atoms with van der Waals surface area (Å²) >= 11 is 1.61. The first-order valence-electron chi connectivity index (χ1n) is 12.0. The number of thiophene rings is 1. The van der Waals surface area contributed by atoms with E-state index in [0.29, 0.717) is 29.9 Å². The Morgan fingerprint density at radius 1 is 1.24 bits per heavy atom. The van der Waals surface area contributed by atoms with Crippen molar-refractivity contribution in [1.82, 2.24) is 10.2 Å². The molecule has 1 aromatic carbocycles. The van der Waals surface area contributed by atoms with E-state index in [2.05, 4.69) is 31.0 Å². The van der Waals surface area contributed by atoms with Crippen LogP contribution in [0.3, 0.4) is 0 Å². The van der Waals surface area contributed by atoms with E-state index in [1.165, 1.54) is 12.8 Å². The topological polar surface area (TPSA) is 78.5 Å². The van der Waals surface area contributed by atoms with Crippen molar-refractivity contribution >= 4 is 23.1 Å². The number of rotatable bonds is 7. The number of aliphatic hydroxyl groups is 1. The van der Waals surface area contributed by atoms with Crippen molar-refractivity contribution in [2.45, 2.75) is 59.6 Å². The number of aromatic amines is 1. The number of nitrogens with zero attached hydrogens (tertiary/aromatic N) is 2. The molecule has 0 radical (unpaired) electrons. The molecule has 1 aliphatic carbocycles. The van der Waals surface area contributed by atoms with Crippen molar-refractivity contribution in [3.8, 4) is 5.75 Å². The second-order valence-electron chi connectivity index (χ2n) is 9.50. The highest BCUT2D eigenvalue weighted by Gasteiger charge is 2.28. The van der Waals surface area contributed by atoms with Crippen molar-refractivity contribution in [2.75, 3.05) is 11.5 Å². The number of H-pyrrole nitrogens is 1. The first kappa shape index (κ1) is 26.0. The lowest BCUT2D eigenvalue weighted by Crippen LogP contribution is -2.34. The van der Waals surface area contributed by atoms with Crippen LogP contribution in [-0.4, -0.2) is 33.9 Å². The summed E-state index contributed by atoms with van der Waals surface area (Å²) in [6.45, 7) is 9.15. The van der Waals surface area contributed by atoms with Gasteiger partial charge in [0.25, 0.3) is 5.91 Å². The number of amides is 1. The Bertz CT molecular complexity index is 971. The molecule has 6 nitrogen and oxygen atoms in total. The standard InChI is InChI=1S/C17H17N3O2S.C10H20O/c1-13-4-6-14(7-5-13)22-12-17(21)20(16-8-9-18-19-16)11-15-3-2-10-23-15;1-7(2)9-5-4-8(3)6-10(9)11/h2-10H,11-12H2,1H3,(H,18,19);7-11H,4-6H2,1-3H3. The second-order valence-corrected chi connectivity index (χ2v) is 10.5. The van der Waals surface area contributed by atoms with Gasteiger partial charge in [0.1, 0.15) is 11.6 Å². The van der Waals surface area contributed by atoms with Crippen LogP contribution in [0.1, 0.15) is 50.5 Å². The average molecular weight is 484 g/mol. The highest BCUT2D eigenvalue weighted by molar-refractivity contribution is 7.09. The Hall–Kier alpha value is -2.64. The summed E-state index contributed by atoms with van der Waals surface area (Å²) in [5.41, 5.74) is 1.15. The highest BCUT2D eigenvalue weighted by atomic mass is 32.1. The van der Waals surface area contributed by atoms with Gasteiger partial charge in [-0.3, -0.25) is 14.8 Å². The van der Waals surface area contributed by atoms with E-state index in [-0.39, 0.29) is 18.6 Å². The lowest BCUT2D eigenvalue weighted by molar-refractivity contribution is -0.120. The van der Waals surface area contributed by atoms with Crippen LogP contribution in [0.15, 0.2) is 54.0 Å². The first-order chi connectivity index (χ1) is 16.3. The molecule has 184 valence electrons. The van der Waals surface area contributed by atoms with Gasteiger partial charge in [-0.1, -0.05) is 51.0 Å². The van der Waals surface area contributed by atoms with Crippen LogP contribution in [0, 0.1) is 24.7 Å². The van der Waals surface area contributed by atoms with Gasteiger partial charge in [0, 0.05) is 10.9 Å². The van der Waals surface area contributed by atoms with Crippen molar-refractivity contribution in [2.24, 2.45) is 17.8 Å². The lowest BCUT2D eigenvalue weighted by atomic mass is 9.75. The van der Waals surface area contributed by atoms with Crippen LogP contribution in [0.5, 0.6) is 5.75 Å². The molecule has 0 spiro atoms. The maximum atomic E-state index is 12.6. The molecular formula is C27H37N3O3S. The Kier molecular flexibility index (Phi) is 9.72. The third-order valence-corrected chi connectivity index (χ3v) is 7.20. The number of benzene rings is 1. The van der Waals surface area contributed by atoms with Gasteiger partial charge in [-0.05, 0) is 61.1 Å². The average Bonchev–Trinajstić information content (AvgIpc) is 3.51. The minimum absolute atomic E-state index is 0.0204. The molecule has 1 aliphatic rings. The summed E-state index contributed by atoms with van der Waals surface area (Å²) in [4.78, 5) is 15.3. The fourth-order valence-electron chi connectivity index (χ4n) is 4.27. The van der Waals surface area contributed by atoms with Crippen LogP contribution in [0.4, 0.5) is 5.82 Å². The zero-order chi connectivity index (χ0) is 24.5. The number of hydrogen-bond donors (Lipinski definition) is 2. The molecule has 0 saturated heterocycles. The van der Waals surface area contributed by atoms with Crippen molar-refractivity contribution in [1.29, 1.82) is 0 Å². The first-order valence-corrected chi connectivity index (χ1v) is 12.9. The molecule has 0 bridgehead atoms. The second kappa shape index (κ2) is 12.7. The van der Waals surface area contributed by atoms with E-state index in [9.17, 15) is 9.90 Å². The summed E-state index contributed by atoms with van der Waals surface area (Å²) < 4.78 is 5.60. The molecule has 3 aromatic rings. The molecule has 1 saturated carbocycles. The van der Waals surface area contributed by atoms with E-state index in [1.807, 2.05) is 48.7 Å². The Balaban J connectivity index is 0.000000248. The van der Waals surface area contributed by atoms with Crippen LogP contribution < -0.4 is 9.64 Å². The van der Waals surface area contributed by atoms with E-state index in [4.69, 9.17) is 4.74 Å². The predicted octanol–water partition coefficient (Wildman–Crippen LogP) is 5.83. The third-order valence-electron chi connectivity index (χ3n) is 6.34. The van der Waals surface area contributed by atoms with Crippen LogP contribution in [0.25, 0.3) is 0 Å². The number of carbonyl (C=O) groups excluding carboxylic acids is 1. The maximum Gasteiger partial charge on any atom is 0.266 e. The molecule has 3 unspecified atom stereocenters. The van der Waals surface area contributed by atoms with Gasteiger partial charge in [0.15, 0.2) is 6.61 Å². The molecule has 1 amide bonds. The fraction of sp³-hybridized carbons (Fsp3) is 0.481. The minimum Gasteiger partial charge on any atom is -0.484 e. The van der Waals surface area contributed by atoms with E-state index >= 15 is 0 Å². The largest absolute Gasteiger partial charge is 0.484 e. The number of aliphatic hydroxyl groups excluding tert-OH is 1. The maximum absolute atomic E-state index is 12.6. The molecule has 4 rings (SSSR count). The molecule has 7 heteroatoms. The van der Waals surface area contributed by atoms with Gasteiger partial charge in [0.05, 0.1) is 18.8 Å². The summed E-state index contributed by atoms with van der Waals surface area (Å²) in [7, 11) is 0. The Morgan fingerprint density at radius 2 is 2.00 bits per heavy atom. The number of hydrogen-bond acceptors (Lipinski definition) is 5. The predicted molar refractivity (Wildman–Crippen MR) is 138 cm³/mol. The summed E-state index contributed by atoms with van der Waals surface area (Å²) in [6.07, 6.45) is 5.15. The smallest absolute Gasteiger partial charge is 0.266 e. The van der Waals surface area contributed by atoms with Gasteiger partial charge in [0.2, 0.25) is 0 Å². The zero-order valence-corrected chi connectivity index (χ0v) is 21.4. The van der Waals surface area contributed by atoms with Crippen LogP contribution in [0.2, 0.25) is 0 Å². The Labute approximate surface area is 207 Å². The number of ether oxygens (including phenoxy) is 1. The van der Waals surface area contributed by atoms with Crippen LogP contribution >= 0.6 is 11.3 Å². The molecule has 0 aliphatic heterocycles. The fourth-order valence-corrected chi connectivity index (χ4v) is 4.97. The van der Waals surface area contributed by atoms with Gasteiger partial charge in [-0.2, -0.15) is 5.10 Å². The van der Waals surface area contributed by atoms with Gasteiger partial charge >= 0.3 is 0 Å². The van der Waals surface area contributed by atoms with Crippen molar-refractivity contribution in [3.63, 3.8) is 0 Å². The van der Waals surface area contributed by atoms with Crippen LogP contribution in [-0.2, 0) is 11.3 Å². The molecule has 3 atom stereocenters. The third kappa shape index (κ3) is 7.71. The van der Waals surface area contributed by atoms with E-state index in [0.717, 1.165) is 22.8 Å². The van der Waals surface area contributed by atoms with Gasteiger partial charge in [-0.25, -0.2) is 0 Å². The van der Waals surface area contributed by atoms with Gasteiger partial charge in [-0.15, -0.1) is 11.3 Å². The highest BCUT2D eigenvalue weighted by Crippen LogP contribution is 2.33. The van der Waals surface area contributed by atoms with E-state index < -0.39 is 0 Å². The zero-order valence-electron chi connectivity index (χ0n) is 20.6. The van der Waals surface area contributed by atoms with Crippen molar-refractivity contribution in [3.05, 3.63) is 64.5 Å². The molecule has 2 N–H and O–H groups in total. The number of aryl methyl sites for hydroxylation is 1. The number of anilines is 1. The quantitative estimate of drug-likeness (QED) is 0.443. The van der Waals surface area contributed by atoms with Gasteiger partial charge < -0.3 is 9.84 Å².